The molecule has 2 rings (SSSR count). The van der Waals surface area contributed by atoms with Crippen LogP contribution in [0.3, 0.4) is 0 Å². The molecule has 1 saturated carbocycles. The lowest BCUT2D eigenvalue weighted by Crippen LogP contribution is -2.54. The van der Waals surface area contributed by atoms with Crippen molar-refractivity contribution in [1.29, 1.82) is 0 Å². The molecule has 1 fully saturated rings. The maximum absolute atomic E-state index is 11.4. The molecule has 1 aliphatic heterocycles. The first kappa shape index (κ1) is 9.49. The number of amides is 2. The van der Waals surface area contributed by atoms with Gasteiger partial charge in [-0.3, -0.25) is 0 Å². The quantitative estimate of drug-likeness (QED) is 0.634. The first-order chi connectivity index (χ1) is 6.56. The van der Waals surface area contributed by atoms with Gasteiger partial charge >= 0.3 is 6.03 Å². The number of hydrogen-bond donors (Lipinski definition) is 1. The lowest BCUT2D eigenvalue weighted by molar-refractivity contribution is 0.149. The van der Waals surface area contributed by atoms with E-state index in [4.69, 9.17) is 5.73 Å². The molecule has 78 valence electrons. The zero-order chi connectivity index (χ0) is 10.3. The predicted octanol–water partition coefficient (Wildman–Crippen LogP) is 1.36. The van der Waals surface area contributed by atoms with E-state index in [1.807, 2.05) is 7.05 Å². The summed E-state index contributed by atoms with van der Waals surface area (Å²) in [6.45, 7) is 2.25. The topological polar surface area (TPSA) is 58.7 Å². The Hall–Kier alpha value is -1.06. The lowest BCUT2D eigenvalue weighted by atomic mass is 9.76. The molecule has 0 radical (unpaired) electrons. The molecule has 0 saturated heterocycles. The number of likely N-dealkylation sites (N-methyl/N-ethyl adjacent to an activating group) is 1. The highest BCUT2D eigenvalue weighted by Gasteiger charge is 2.47. The minimum absolute atomic E-state index is 0.183. The second-order valence-electron chi connectivity index (χ2n) is 4.55. The van der Waals surface area contributed by atoms with E-state index in [1.54, 1.807) is 4.90 Å². The maximum atomic E-state index is 11.4. The van der Waals surface area contributed by atoms with Gasteiger partial charge in [-0.15, -0.1) is 0 Å². The lowest BCUT2D eigenvalue weighted by Gasteiger charge is -2.40. The molecule has 0 unspecified atom stereocenters. The Morgan fingerprint density at radius 2 is 2.07 bits per heavy atom. The Bertz CT molecular complexity index is 290. The van der Waals surface area contributed by atoms with Crippen molar-refractivity contribution in [2.75, 3.05) is 7.05 Å². The summed E-state index contributed by atoms with van der Waals surface area (Å²) in [6.07, 6.45) is 4.19. The number of carbonyl (C=O) groups excluding carboxylic acids is 1. The number of urea groups is 1. The van der Waals surface area contributed by atoms with E-state index in [0.29, 0.717) is 5.84 Å². The highest BCUT2D eigenvalue weighted by atomic mass is 16.2. The number of carbonyl (C=O) groups is 1. The molecule has 1 spiro atoms. The minimum atomic E-state index is -0.246. The highest BCUT2D eigenvalue weighted by molar-refractivity contribution is 6.05. The van der Waals surface area contributed by atoms with Gasteiger partial charge in [-0.2, -0.15) is 4.99 Å². The van der Waals surface area contributed by atoms with Gasteiger partial charge in [0.05, 0.1) is 0 Å². The standard InChI is InChI=1S/C10H17N3O/c1-7-3-5-10(6-4-7)8(11)12-9(14)13(10)2/h7H,3-6H2,1-2H3,(H2,11,12,14). The van der Waals surface area contributed by atoms with Gasteiger partial charge in [-0.25, -0.2) is 4.79 Å². The van der Waals surface area contributed by atoms with E-state index in [9.17, 15) is 4.79 Å². The maximum Gasteiger partial charge on any atom is 0.345 e. The van der Waals surface area contributed by atoms with Crippen LogP contribution in [-0.4, -0.2) is 29.4 Å². The summed E-state index contributed by atoms with van der Waals surface area (Å²) in [4.78, 5) is 17.0. The Labute approximate surface area is 84.2 Å². The van der Waals surface area contributed by atoms with Crippen molar-refractivity contribution in [1.82, 2.24) is 4.90 Å². The smallest absolute Gasteiger partial charge is 0.345 e. The van der Waals surface area contributed by atoms with E-state index < -0.39 is 0 Å². The van der Waals surface area contributed by atoms with Gasteiger partial charge in [0.1, 0.15) is 11.4 Å². The molecule has 1 heterocycles. The number of nitrogens with two attached hydrogens (primary N) is 1. The fourth-order valence-electron chi connectivity index (χ4n) is 2.47. The van der Waals surface area contributed by atoms with Crippen LogP contribution in [0, 0.1) is 5.92 Å². The summed E-state index contributed by atoms with van der Waals surface area (Å²) in [5, 5.41) is 0. The van der Waals surface area contributed by atoms with Gasteiger partial charge < -0.3 is 10.6 Å². The highest BCUT2D eigenvalue weighted by Crippen LogP contribution is 2.38. The van der Waals surface area contributed by atoms with Crippen molar-refractivity contribution in [3.63, 3.8) is 0 Å². The Morgan fingerprint density at radius 1 is 1.50 bits per heavy atom. The van der Waals surface area contributed by atoms with E-state index in [1.165, 1.54) is 0 Å². The van der Waals surface area contributed by atoms with Crippen LogP contribution < -0.4 is 5.73 Å². The molecular weight excluding hydrogens is 178 g/mol. The zero-order valence-electron chi connectivity index (χ0n) is 8.79. The van der Waals surface area contributed by atoms with Crippen LogP contribution in [0.1, 0.15) is 32.6 Å². The third kappa shape index (κ3) is 1.13. The Morgan fingerprint density at radius 3 is 2.50 bits per heavy atom. The largest absolute Gasteiger partial charge is 0.385 e. The molecule has 14 heavy (non-hydrogen) atoms. The number of amidine groups is 1. The van der Waals surface area contributed by atoms with Crippen molar-refractivity contribution in [3.05, 3.63) is 0 Å². The van der Waals surface area contributed by atoms with Crippen molar-refractivity contribution in [2.24, 2.45) is 16.6 Å². The molecule has 0 aromatic carbocycles. The summed E-state index contributed by atoms with van der Waals surface area (Å²) in [7, 11) is 1.81. The van der Waals surface area contributed by atoms with Crippen LogP contribution in [0.4, 0.5) is 4.79 Å². The third-order valence-corrected chi connectivity index (χ3v) is 3.72. The van der Waals surface area contributed by atoms with E-state index in [0.717, 1.165) is 31.6 Å². The van der Waals surface area contributed by atoms with Gasteiger partial charge in [-0.1, -0.05) is 6.92 Å². The Kier molecular flexibility index (Phi) is 2.01. The average molecular weight is 195 g/mol. The first-order valence-corrected chi connectivity index (χ1v) is 5.19. The van der Waals surface area contributed by atoms with Gasteiger partial charge in [0.25, 0.3) is 0 Å². The minimum Gasteiger partial charge on any atom is -0.385 e. The molecule has 2 aliphatic rings. The fraction of sp³-hybridized carbons (Fsp3) is 0.800. The van der Waals surface area contributed by atoms with E-state index >= 15 is 0 Å². The summed E-state index contributed by atoms with van der Waals surface area (Å²) in [5.41, 5.74) is 5.61. The second-order valence-corrected chi connectivity index (χ2v) is 4.55. The van der Waals surface area contributed by atoms with Crippen LogP contribution in [0.2, 0.25) is 0 Å². The van der Waals surface area contributed by atoms with Crippen LogP contribution in [-0.2, 0) is 0 Å². The van der Waals surface area contributed by atoms with Crippen molar-refractivity contribution < 1.29 is 4.79 Å². The molecule has 0 atom stereocenters. The van der Waals surface area contributed by atoms with E-state index in [2.05, 4.69) is 11.9 Å². The van der Waals surface area contributed by atoms with Gasteiger partial charge in [0.2, 0.25) is 0 Å². The van der Waals surface area contributed by atoms with Crippen molar-refractivity contribution in [2.45, 2.75) is 38.1 Å². The number of nitrogens with zero attached hydrogens (tertiary/aromatic N) is 2. The SMILES string of the molecule is CC1CCC2(CC1)C(N)=NC(=O)N2C. The monoisotopic (exact) mass is 195 g/mol. The van der Waals surface area contributed by atoms with Crippen molar-refractivity contribution >= 4 is 11.9 Å². The van der Waals surface area contributed by atoms with Gasteiger partial charge in [0.15, 0.2) is 0 Å². The predicted molar refractivity (Wildman–Crippen MR) is 55.1 cm³/mol. The first-order valence-electron chi connectivity index (χ1n) is 5.19. The number of aliphatic imine (C=N–C) groups is 1. The van der Waals surface area contributed by atoms with Crippen LogP contribution in [0.5, 0.6) is 0 Å². The number of hydrogen-bond acceptors (Lipinski definition) is 2. The molecular formula is C10H17N3O. The zero-order valence-corrected chi connectivity index (χ0v) is 8.79. The molecule has 1 aliphatic carbocycles. The number of rotatable bonds is 0. The molecule has 2 amide bonds. The van der Waals surface area contributed by atoms with Crippen LogP contribution in [0.15, 0.2) is 4.99 Å². The fourth-order valence-corrected chi connectivity index (χ4v) is 2.47. The molecule has 4 nitrogen and oxygen atoms in total. The summed E-state index contributed by atoms with van der Waals surface area (Å²) in [5.74, 6) is 1.27. The third-order valence-electron chi connectivity index (χ3n) is 3.72. The summed E-state index contributed by atoms with van der Waals surface area (Å²) in [6, 6.07) is -0.183. The van der Waals surface area contributed by atoms with Gasteiger partial charge in [-0.05, 0) is 31.6 Å². The average Bonchev–Trinajstić information content (AvgIpc) is 2.36. The second kappa shape index (κ2) is 2.97. The molecule has 0 bridgehead atoms. The van der Waals surface area contributed by atoms with Crippen LogP contribution >= 0.6 is 0 Å². The molecule has 0 aromatic rings. The molecule has 2 N–H and O–H groups in total. The van der Waals surface area contributed by atoms with Crippen LogP contribution in [0.25, 0.3) is 0 Å². The summed E-state index contributed by atoms with van der Waals surface area (Å²) < 4.78 is 0. The normalized spacial score (nSPS) is 37.9. The van der Waals surface area contributed by atoms with Crippen molar-refractivity contribution in [3.8, 4) is 0 Å². The van der Waals surface area contributed by atoms with E-state index in [-0.39, 0.29) is 11.6 Å². The molecule has 0 aromatic heterocycles. The summed E-state index contributed by atoms with van der Waals surface area (Å²) >= 11 is 0. The van der Waals surface area contributed by atoms with Gasteiger partial charge in [0, 0.05) is 7.05 Å². The molecule has 4 heteroatoms. The Balaban J connectivity index is 2.24.